The lowest BCUT2D eigenvalue weighted by Gasteiger charge is -2.29. The van der Waals surface area contributed by atoms with Crippen LogP contribution in [0, 0.1) is 6.92 Å². The molecule has 122 valence electrons. The quantitative estimate of drug-likeness (QED) is 0.898. The Hall–Kier alpha value is -2.00. The van der Waals surface area contributed by atoms with Crippen LogP contribution < -0.4 is 10.1 Å². The molecule has 0 saturated heterocycles. The van der Waals surface area contributed by atoms with E-state index in [0.29, 0.717) is 11.7 Å². The number of nitrogens with one attached hydrogen (secondary N) is 1. The summed E-state index contributed by atoms with van der Waals surface area (Å²) in [5.74, 6) is 1.72. The molecule has 3 nitrogen and oxygen atoms in total. The minimum absolute atomic E-state index is 0.169. The number of ether oxygens (including phenoxy) is 1. The molecule has 3 heteroatoms. The SMILES string of the molecule is COc1cc(C)c(C2NCCc3cc(O)ccc32)cc1C(C)C. The van der Waals surface area contributed by atoms with Crippen molar-refractivity contribution in [3.63, 3.8) is 0 Å². The molecule has 3 rings (SSSR count). The Balaban J connectivity index is 2.11. The Labute approximate surface area is 138 Å². The third-order valence-electron chi connectivity index (χ3n) is 4.73. The highest BCUT2D eigenvalue weighted by atomic mass is 16.5. The van der Waals surface area contributed by atoms with Gasteiger partial charge in [0.1, 0.15) is 11.5 Å². The molecule has 0 amide bonds. The van der Waals surface area contributed by atoms with E-state index in [4.69, 9.17) is 4.74 Å². The van der Waals surface area contributed by atoms with Crippen LogP contribution in [-0.4, -0.2) is 18.8 Å². The molecule has 0 bridgehead atoms. The van der Waals surface area contributed by atoms with E-state index in [0.717, 1.165) is 18.7 Å². The monoisotopic (exact) mass is 311 g/mol. The normalized spacial score (nSPS) is 17.2. The molecule has 0 fully saturated rings. The fourth-order valence-corrected chi connectivity index (χ4v) is 3.48. The van der Waals surface area contributed by atoms with Crippen molar-refractivity contribution in [2.45, 2.75) is 39.2 Å². The Morgan fingerprint density at radius 2 is 1.96 bits per heavy atom. The number of benzene rings is 2. The van der Waals surface area contributed by atoms with Crippen LogP contribution in [0.3, 0.4) is 0 Å². The van der Waals surface area contributed by atoms with Gasteiger partial charge in [0.25, 0.3) is 0 Å². The van der Waals surface area contributed by atoms with Crippen LogP contribution in [0.4, 0.5) is 0 Å². The minimum Gasteiger partial charge on any atom is -0.508 e. The van der Waals surface area contributed by atoms with Crippen molar-refractivity contribution >= 4 is 0 Å². The molecular formula is C20H25NO2. The van der Waals surface area contributed by atoms with Gasteiger partial charge in [-0.25, -0.2) is 0 Å². The Kier molecular flexibility index (Phi) is 4.31. The first-order valence-electron chi connectivity index (χ1n) is 8.25. The number of hydrogen-bond donors (Lipinski definition) is 2. The predicted octanol–water partition coefficient (Wildman–Crippen LogP) is 4.07. The summed E-state index contributed by atoms with van der Waals surface area (Å²) in [5, 5.41) is 13.4. The van der Waals surface area contributed by atoms with E-state index < -0.39 is 0 Å². The zero-order valence-electron chi connectivity index (χ0n) is 14.3. The van der Waals surface area contributed by atoms with Gasteiger partial charge in [-0.3, -0.25) is 0 Å². The summed E-state index contributed by atoms with van der Waals surface area (Å²) < 4.78 is 5.56. The first-order valence-corrected chi connectivity index (χ1v) is 8.25. The van der Waals surface area contributed by atoms with Crippen LogP contribution in [0.15, 0.2) is 30.3 Å². The lowest BCUT2D eigenvalue weighted by molar-refractivity contribution is 0.406. The molecule has 1 aliphatic heterocycles. The highest BCUT2D eigenvalue weighted by molar-refractivity contribution is 5.50. The molecule has 1 heterocycles. The first-order chi connectivity index (χ1) is 11.0. The number of fused-ring (bicyclic) bond motifs is 1. The van der Waals surface area contributed by atoms with Gasteiger partial charge in [0, 0.05) is 6.54 Å². The molecule has 0 saturated carbocycles. The summed E-state index contributed by atoms with van der Waals surface area (Å²) >= 11 is 0. The second kappa shape index (κ2) is 6.25. The molecule has 1 unspecified atom stereocenters. The third-order valence-corrected chi connectivity index (χ3v) is 4.73. The topological polar surface area (TPSA) is 41.5 Å². The van der Waals surface area contributed by atoms with Crippen molar-refractivity contribution in [3.8, 4) is 11.5 Å². The van der Waals surface area contributed by atoms with Gasteiger partial charge < -0.3 is 15.2 Å². The standard InChI is InChI=1S/C20H25NO2/c1-12(2)17-11-18(13(3)9-19(17)23-4)20-16-6-5-15(22)10-14(16)7-8-21-20/h5-6,9-12,20-22H,7-8H2,1-4H3. The van der Waals surface area contributed by atoms with Gasteiger partial charge in [-0.15, -0.1) is 0 Å². The molecule has 0 radical (unpaired) electrons. The first kappa shape index (κ1) is 15.9. The number of aryl methyl sites for hydroxylation is 1. The van der Waals surface area contributed by atoms with Crippen LogP contribution in [0.2, 0.25) is 0 Å². The highest BCUT2D eigenvalue weighted by Crippen LogP contribution is 2.37. The molecule has 0 aliphatic carbocycles. The molecule has 2 aromatic rings. The van der Waals surface area contributed by atoms with Crippen molar-refractivity contribution in [1.82, 2.24) is 5.32 Å². The average Bonchev–Trinajstić information content (AvgIpc) is 2.53. The Bertz CT molecular complexity index is 722. The molecule has 2 aromatic carbocycles. The zero-order valence-corrected chi connectivity index (χ0v) is 14.3. The van der Waals surface area contributed by atoms with Gasteiger partial charge >= 0.3 is 0 Å². The van der Waals surface area contributed by atoms with E-state index in [9.17, 15) is 5.11 Å². The number of phenols is 1. The molecule has 0 aromatic heterocycles. The summed E-state index contributed by atoms with van der Waals surface area (Å²) in [6.45, 7) is 7.44. The molecular weight excluding hydrogens is 286 g/mol. The Morgan fingerprint density at radius 1 is 1.17 bits per heavy atom. The fraction of sp³-hybridized carbons (Fsp3) is 0.400. The number of rotatable bonds is 3. The summed E-state index contributed by atoms with van der Waals surface area (Å²) in [6.07, 6.45) is 0.951. The third kappa shape index (κ3) is 2.93. The maximum absolute atomic E-state index is 9.75. The van der Waals surface area contributed by atoms with E-state index in [-0.39, 0.29) is 6.04 Å². The number of hydrogen-bond acceptors (Lipinski definition) is 3. The maximum atomic E-state index is 9.75. The molecule has 1 atom stereocenters. The van der Waals surface area contributed by atoms with Crippen LogP contribution in [0.25, 0.3) is 0 Å². The smallest absolute Gasteiger partial charge is 0.122 e. The van der Waals surface area contributed by atoms with Gasteiger partial charge in [-0.1, -0.05) is 19.9 Å². The van der Waals surface area contributed by atoms with Crippen molar-refractivity contribution < 1.29 is 9.84 Å². The average molecular weight is 311 g/mol. The predicted molar refractivity (Wildman–Crippen MR) is 93.5 cm³/mol. The van der Waals surface area contributed by atoms with E-state index >= 15 is 0 Å². The summed E-state index contributed by atoms with van der Waals surface area (Å²) in [5.41, 5.74) is 6.25. The van der Waals surface area contributed by atoms with Gasteiger partial charge in [-0.2, -0.15) is 0 Å². The second-order valence-corrected chi connectivity index (χ2v) is 6.63. The molecule has 23 heavy (non-hydrogen) atoms. The summed E-state index contributed by atoms with van der Waals surface area (Å²) in [4.78, 5) is 0. The maximum Gasteiger partial charge on any atom is 0.122 e. The van der Waals surface area contributed by atoms with Crippen molar-refractivity contribution in [3.05, 3.63) is 58.1 Å². The van der Waals surface area contributed by atoms with Crippen molar-refractivity contribution in [2.24, 2.45) is 0 Å². The van der Waals surface area contributed by atoms with Crippen LogP contribution in [0.1, 0.15) is 53.6 Å². The number of aromatic hydroxyl groups is 1. The molecule has 1 aliphatic rings. The summed E-state index contributed by atoms with van der Waals surface area (Å²) in [7, 11) is 1.73. The Morgan fingerprint density at radius 3 is 2.65 bits per heavy atom. The molecule has 2 N–H and O–H groups in total. The van der Waals surface area contributed by atoms with Gasteiger partial charge in [-0.05, 0) is 71.3 Å². The highest BCUT2D eigenvalue weighted by Gasteiger charge is 2.24. The van der Waals surface area contributed by atoms with Crippen LogP contribution >= 0.6 is 0 Å². The second-order valence-electron chi connectivity index (χ2n) is 6.63. The fourth-order valence-electron chi connectivity index (χ4n) is 3.48. The minimum atomic E-state index is 0.169. The van der Waals surface area contributed by atoms with E-state index in [2.05, 4.69) is 38.2 Å². The van der Waals surface area contributed by atoms with Crippen molar-refractivity contribution in [2.75, 3.05) is 13.7 Å². The number of methoxy groups -OCH3 is 1. The molecule has 0 spiro atoms. The lowest BCUT2D eigenvalue weighted by Crippen LogP contribution is -2.31. The van der Waals surface area contributed by atoms with Crippen LogP contribution in [-0.2, 0) is 6.42 Å². The lowest BCUT2D eigenvalue weighted by atomic mass is 9.85. The van der Waals surface area contributed by atoms with Gasteiger partial charge in [0.2, 0.25) is 0 Å². The van der Waals surface area contributed by atoms with Gasteiger partial charge in [0.05, 0.1) is 13.2 Å². The van der Waals surface area contributed by atoms with Gasteiger partial charge in [0.15, 0.2) is 0 Å². The van der Waals surface area contributed by atoms with E-state index in [1.807, 2.05) is 12.1 Å². The number of phenolic OH excluding ortho intramolecular Hbond substituents is 1. The van der Waals surface area contributed by atoms with E-state index in [1.165, 1.54) is 27.8 Å². The summed E-state index contributed by atoms with van der Waals surface area (Å²) in [6, 6.07) is 10.3. The van der Waals surface area contributed by atoms with Crippen LogP contribution in [0.5, 0.6) is 11.5 Å². The largest absolute Gasteiger partial charge is 0.508 e. The van der Waals surface area contributed by atoms with Crippen molar-refractivity contribution in [1.29, 1.82) is 0 Å². The van der Waals surface area contributed by atoms with E-state index in [1.54, 1.807) is 13.2 Å². The zero-order chi connectivity index (χ0) is 16.6.